The second-order valence-corrected chi connectivity index (χ2v) is 9.70. The molecule has 1 aliphatic carbocycles. The average Bonchev–Trinajstić information content (AvgIpc) is 3.35. The molecule has 0 spiro atoms. The number of anilines is 1. The molecule has 0 bridgehead atoms. The van der Waals surface area contributed by atoms with Crippen LogP contribution < -0.4 is 5.32 Å². The molecule has 0 unspecified atom stereocenters. The fraction of sp³-hybridized carbons (Fsp3) is 0.556. The molecule has 2 aliphatic heterocycles. The summed E-state index contributed by atoms with van der Waals surface area (Å²) in [6, 6.07) is 1.53. The molecule has 142 valence electrons. The first-order valence-electron chi connectivity index (χ1n) is 8.90. The van der Waals surface area contributed by atoms with Gasteiger partial charge in [0, 0.05) is 17.1 Å². The number of hydrogen-bond donors (Lipinski definition) is 1. The molecule has 27 heavy (non-hydrogen) atoms. The first-order chi connectivity index (χ1) is 12.9. The van der Waals surface area contributed by atoms with Crippen molar-refractivity contribution < 1.29 is 19.1 Å². The van der Waals surface area contributed by atoms with E-state index in [0.29, 0.717) is 22.7 Å². The highest BCUT2D eigenvalue weighted by atomic mass is 32.2. The maximum absolute atomic E-state index is 12.4. The molecule has 1 aromatic heterocycles. The number of nitriles is 1. The van der Waals surface area contributed by atoms with E-state index in [0.717, 1.165) is 36.1 Å². The van der Waals surface area contributed by atoms with E-state index in [1.165, 1.54) is 11.3 Å². The number of aryl methyl sites for hydroxylation is 1. The van der Waals surface area contributed by atoms with Crippen LogP contribution in [0.15, 0.2) is 0 Å². The number of fused-ring (bicyclic) bond motifs is 2. The van der Waals surface area contributed by atoms with Crippen LogP contribution in [0.4, 0.5) is 5.00 Å². The summed E-state index contributed by atoms with van der Waals surface area (Å²) in [5.74, 6) is -0.578. The third-order valence-corrected chi connectivity index (χ3v) is 8.06. The smallest absolute Gasteiger partial charge is 0.330 e. The molecule has 0 aromatic carbocycles. The van der Waals surface area contributed by atoms with Gasteiger partial charge < -0.3 is 15.0 Å². The number of ether oxygens (including phenoxy) is 1. The molecule has 2 amide bonds. The van der Waals surface area contributed by atoms with E-state index >= 15 is 0 Å². The summed E-state index contributed by atoms with van der Waals surface area (Å²) < 4.78 is 5.18. The van der Waals surface area contributed by atoms with E-state index in [2.05, 4.69) is 11.4 Å². The van der Waals surface area contributed by atoms with E-state index in [1.807, 2.05) is 6.92 Å². The second-order valence-electron chi connectivity index (χ2n) is 7.09. The first-order valence-corrected chi connectivity index (χ1v) is 10.7. The van der Waals surface area contributed by atoms with Crippen molar-refractivity contribution in [2.45, 2.75) is 49.9 Å². The zero-order chi connectivity index (χ0) is 19.2. The molecule has 4 rings (SSSR count). The predicted octanol–water partition coefficient (Wildman–Crippen LogP) is 2.04. The third-order valence-electron chi connectivity index (χ3n) is 5.35. The van der Waals surface area contributed by atoms with E-state index in [-0.39, 0.29) is 10.8 Å². The average molecular weight is 406 g/mol. The van der Waals surface area contributed by atoms with Crippen LogP contribution in [0.1, 0.15) is 42.2 Å². The monoisotopic (exact) mass is 405 g/mol. The van der Waals surface area contributed by atoms with Gasteiger partial charge in [-0.15, -0.1) is 23.1 Å². The largest absolute Gasteiger partial charge is 0.454 e. The van der Waals surface area contributed by atoms with Gasteiger partial charge in [-0.2, -0.15) is 5.26 Å². The van der Waals surface area contributed by atoms with Gasteiger partial charge in [0.05, 0.1) is 10.4 Å². The zero-order valence-electron chi connectivity index (χ0n) is 14.9. The van der Waals surface area contributed by atoms with Gasteiger partial charge in [-0.05, 0) is 38.2 Å². The SMILES string of the molecule is C[C@]12CCC(=O)N1[C@H](C(=O)OCC(=O)Nc1sc3c(c1C#N)CCC3)CS2. The molecule has 3 aliphatic rings. The van der Waals surface area contributed by atoms with Crippen molar-refractivity contribution in [1.29, 1.82) is 5.26 Å². The van der Waals surface area contributed by atoms with Gasteiger partial charge in [0.25, 0.3) is 5.91 Å². The van der Waals surface area contributed by atoms with Gasteiger partial charge >= 0.3 is 5.97 Å². The summed E-state index contributed by atoms with van der Waals surface area (Å²) >= 11 is 3.00. The molecule has 1 aromatic rings. The molecule has 2 fully saturated rings. The molecule has 2 atom stereocenters. The molecule has 9 heteroatoms. The number of rotatable bonds is 4. The number of nitrogens with zero attached hydrogens (tertiary/aromatic N) is 2. The molecule has 1 N–H and O–H groups in total. The normalized spacial score (nSPS) is 25.9. The lowest BCUT2D eigenvalue weighted by Crippen LogP contribution is -2.47. The Kier molecular flexibility index (Phi) is 4.64. The maximum Gasteiger partial charge on any atom is 0.330 e. The number of nitrogens with one attached hydrogen (secondary N) is 1. The third kappa shape index (κ3) is 3.11. The fourth-order valence-electron chi connectivity index (χ4n) is 4.00. The topological polar surface area (TPSA) is 99.5 Å². The van der Waals surface area contributed by atoms with Crippen LogP contribution in [0.3, 0.4) is 0 Å². The van der Waals surface area contributed by atoms with Crippen molar-refractivity contribution in [3.05, 3.63) is 16.0 Å². The van der Waals surface area contributed by atoms with Gasteiger partial charge in [0.1, 0.15) is 17.1 Å². The van der Waals surface area contributed by atoms with Crippen LogP contribution in [0.25, 0.3) is 0 Å². The van der Waals surface area contributed by atoms with Gasteiger partial charge in [-0.3, -0.25) is 9.59 Å². The quantitative estimate of drug-likeness (QED) is 0.770. The van der Waals surface area contributed by atoms with Crippen molar-refractivity contribution in [3.63, 3.8) is 0 Å². The Bertz CT molecular complexity index is 875. The van der Waals surface area contributed by atoms with Gasteiger partial charge in [-0.25, -0.2) is 4.79 Å². The molecule has 7 nitrogen and oxygen atoms in total. The Hall–Kier alpha value is -2.05. The van der Waals surface area contributed by atoms with Crippen molar-refractivity contribution in [2.75, 3.05) is 17.7 Å². The minimum atomic E-state index is -0.636. The molecular weight excluding hydrogens is 386 g/mol. The number of thioether (sulfide) groups is 1. The van der Waals surface area contributed by atoms with Crippen LogP contribution in [0, 0.1) is 11.3 Å². The Balaban J connectivity index is 1.36. The second kappa shape index (κ2) is 6.84. The minimum absolute atomic E-state index is 0.0411. The number of thiophene rings is 1. The first kappa shape index (κ1) is 18.3. The summed E-state index contributed by atoms with van der Waals surface area (Å²) in [6.45, 7) is 1.54. The van der Waals surface area contributed by atoms with Crippen molar-refractivity contribution in [2.24, 2.45) is 0 Å². The summed E-state index contributed by atoms with van der Waals surface area (Å²) in [4.78, 5) is 39.1. The Morgan fingerprint density at radius 3 is 3.00 bits per heavy atom. The van der Waals surface area contributed by atoms with E-state index in [9.17, 15) is 19.6 Å². The molecule has 0 saturated carbocycles. The lowest BCUT2D eigenvalue weighted by molar-refractivity contribution is -0.155. The molecule has 0 radical (unpaired) electrons. The van der Waals surface area contributed by atoms with Gasteiger partial charge in [0.15, 0.2) is 6.61 Å². The van der Waals surface area contributed by atoms with Crippen molar-refractivity contribution in [1.82, 2.24) is 4.90 Å². The standard InChI is InChI=1S/C18H19N3O4S2/c1-18-6-5-15(23)21(18)12(9-26-18)17(24)25-8-14(22)20-16-11(7-19)10-3-2-4-13(10)27-16/h12H,2-6,8-9H2,1H3,(H,20,22)/t12-,18-/m0/s1. The summed E-state index contributed by atoms with van der Waals surface area (Å²) in [6.07, 6.45) is 3.99. The Labute approximate surface area is 165 Å². The Morgan fingerprint density at radius 1 is 1.41 bits per heavy atom. The number of hydrogen-bond acceptors (Lipinski definition) is 7. The van der Waals surface area contributed by atoms with E-state index < -0.39 is 24.5 Å². The minimum Gasteiger partial charge on any atom is -0.454 e. The maximum atomic E-state index is 12.4. The van der Waals surface area contributed by atoms with Crippen molar-refractivity contribution in [3.8, 4) is 6.07 Å². The van der Waals surface area contributed by atoms with Gasteiger partial charge in [0.2, 0.25) is 5.91 Å². The Morgan fingerprint density at radius 2 is 2.22 bits per heavy atom. The summed E-state index contributed by atoms with van der Waals surface area (Å²) in [5.41, 5.74) is 1.56. The van der Waals surface area contributed by atoms with Crippen LogP contribution in [0.5, 0.6) is 0 Å². The highest BCUT2D eigenvalue weighted by molar-refractivity contribution is 8.01. The predicted molar refractivity (Wildman–Crippen MR) is 101 cm³/mol. The van der Waals surface area contributed by atoms with E-state index in [4.69, 9.17) is 4.74 Å². The van der Waals surface area contributed by atoms with Crippen LogP contribution in [-0.4, -0.2) is 46.0 Å². The zero-order valence-corrected chi connectivity index (χ0v) is 16.5. The van der Waals surface area contributed by atoms with Crippen LogP contribution >= 0.6 is 23.1 Å². The lowest BCUT2D eigenvalue weighted by Gasteiger charge is -2.29. The number of carbonyl (C=O) groups excluding carboxylic acids is 3. The number of carbonyl (C=O) groups is 3. The highest BCUT2D eigenvalue weighted by Gasteiger charge is 2.53. The summed E-state index contributed by atoms with van der Waals surface area (Å²) in [7, 11) is 0. The number of esters is 1. The van der Waals surface area contributed by atoms with Crippen LogP contribution in [0.2, 0.25) is 0 Å². The number of amides is 2. The highest BCUT2D eigenvalue weighted by Crippen LogP contribution is 2.47. The van der Waals surface area contributed by atoms with Gasteiger partial charge in [-0.1, -0.05) is 0 Å². The molecule has 3 heterocycles. The summed E-state index contributed by atoms with van der Waals surface area (Å²) in [5, 5.41) is 12.6. The van der Waals surface area contributed by atoms with Crippen molar-refractivity contribution >= 4 is 45.9 Å². The van der Waals surface area contributed by atoms with E-state index in [1.54, 1.807) is 16.7 Å². The van der Waals surface area contributed by atoms with Crippen LogP contribution in [-0.2, 0) is 32.0 Å². The lowest BCUT2D eigenvalue weighted by atomic mass is 10.1. The fourth-order valence-corrected chi connectivity index (χ4v) is 6.67. The molecule has 2 saturated heterocycles. The molecular formula is C18H19N3O4S2.